The summed E-state index contributed by atoms with van der Waals surface area (Å²) in [5.41, 5.74) is 2.55. The van der Waals surface area contributed by atoms with Crippen LogP contribution in [0.4, 0.5) is 0 Å². The molecule has 2 aromatic carbocycles. The number of para-hydroxylation sites is 1. The molecule has 164 valence electrons. The van der Waals surface area contributed by atoms with Crippen LogP contribution in [-0.2, 0) is 24.3 Å². The number of pyridine rings is 1. The Bertz CT molecular complexity index is 1480. The quantitative estimate of drug-likeness (QED) is 0.422. The van der Waals surface area contributed by atoms with Crippen molar-refractivity contribution in [3.63, 3.8) is 0 Å². The van der Waals surface area contributed by atoms with E-state index in [-0.39, 0.29) is 17.9 Å². The van der Waals surface area contributed by atoms with Crippen LogP contribution < -0.4 is 10.9 Å². The summed E-state index contributed by atoms with van der Waals surface area (Å²) in [7, 11) is 0. The van der Waals surface area contributed by atoms with E-state index in [1.807, 2.05) is 71.1 Å². The molecule has 8 heteroatoms. The summed E-state index contributed by atoms with van der Waals surface area (Å²) in [5, 5.41) is 12.2. The highest BCUT2D eigenvalue weighted by molar-refractivity contribution is 5.80. The molecule has 1 N–H and O–H groups in total. The second kappa shape index (κ2) is 9.04. The first-order valence-electron chi connectivity index (χ1n) is 10.8. The molecule has 5 aromatic rings. The maximum atomic E-state index is 13.3. The van der Waals surface area contributed by atoms with E-state index in [0.717, 1.165) is 16.6 Å². The first-order chi connectivity index (χ1) is 16.2. The minimum absolute atomic E-state index is 0.0856. The number of rotatable bonds is 7. The largest absolute Gasteiger partial charge is 0.352 e. The van der Waals surface area contributed by atoms with E-state index >= 15 is 0 Å². The highest BCUT2D eigenvalue weighted by Gasteiger charge is 2.17. The van der Waals surface area contributed by atoms with E-state index < -0.39 is 0 Å². The second-order valence-corrected chi connectivity index (χ2v) is 7.78. The van der Waals surface area contributed by atoms with Crippen molar-refractivity contribution >= 4 is 22.6 Å². The van der Waals surface area contributed by atoms with E-state index in [1.165, 1.54) is 0 Å². The molecule has 0 aliphatic heterocycles. The van der Waals surface area contributed by atoms with Gasteiger partial charge < -0.3 is 5.32 Å². The van der Waals surface area contributed by atoms with Gasteiger partial charge in [0.15, 0.2) is 0 Å². The number of carbonyl (C=O) groups is 1. The zero-order valence-electron chi connectivity index (χ0n) is 17.9. The average Bonchev–Trinajstić information content (AvgIpc) is 3.29. The predicted molar refractivity (Wildman–Crippen MR) is 125 cm³/mol. The summed E-state index contributed by atoms with van der Waals surface area (Å²) < 4.78 is 3.52. The van der Waals surface area contributed by atoms with Crippen molar-refractivity contribution in [1.82, 2.24) is 29.5 Å². The molecule has 0 saturated carbocycles. The van der Waals surface area contributed by atoms with E-state index in [0.29, 0.717) is 36.5 Å². The van der Waals surface area contributed by atoms with Gasteiger partial charge in [-0.3, -0.25) is 23.5 Å². The molecular formula is C25H22N6O2. The molecule has 3 heterocycles. The van der Waals surface area contributed by atoms with Crippen LogP contribution in [0.5, 0.6) is 0 Å². The van der Waals surface area contributed by atoms with Crippen LogP contribution in [0.2, 0.25) is 0 Å². The Morgan fingerprint density at radius 1 is 0.909 bits per heavy atom. The molecule has 0 unspecified atom stereocenters. The summed E-state index contributed by atoms with van der Waals surface area (Å²) in [6.45, 7) is 0.810. The monoisotopic (exact) mass is 438 g/mol. The fourth-order valence-electron chi connectivity index (χ4n) is 3.90. The van der Waals surface area contributed by atoms with Crippen molar-refractivity contribution < 1.29 is 4.79 Å². The fraction of sp³-hybridized carbons (Fsp3) is 0.160. The number of nitrogens with zero attached hydrogens (tertiary/aromatic N) is 5. The molecule has 33 heavy (non-hydrogen) atoms. The number of nitrogens with one attached hydrogen (secondary N) is 1. The van der Waals surface area contributed by atoms with Crippen molar-refractivity contribution in [1.29, 1.82) is 0 Å². The van der Waals surface area contributed by atoms with Gasteiger partial charge in [0.2, 0.25) is 11.7 Å². The van der Waals surface area contributed by atoms with Gasteiger partial charge in [0.25, 0.3) is 5.56 Å². The molecule has 8 nitrogen and oxygen atoms in total. The van der Waals surface area contributed by atoms with Crippen LogP contribution >= 0.6 is 0 Å². The third-order valence-electron chi connectivity index (χ3n) is 5.55. The lowest BCUT2D eigenvalue weighted by Gasteiger charge is -2.11. The zero-order chi connectivity index (χ0) is 22.6. The fourth-order valence-corrected chi connectivity index (χ4v) is 3.90. The van der Waals surface area contributed by atoms with Crippen molar-refractivity contribution in [2.24, 2.45) is 0 Å². The lowest BCUT2D eigenvalue weighted by molar-refractivity contribution is -0.121. The van der Waals surface area contributed by atoms with E-state index in [4.69, 9.17) is 0 Å². The van der Waals surface area contributed by atoms with Crippen LogP contribution in [0, 0.1) is 0 Å². The smallest absolute Gasteiger partial charge is 0.263 e. The highest BCUT2D eigenvalue weighted by atomic mass is 16.1. The van der Waals surface area contributed by atoms with E-state index in [9.17, 15) is 9.59 Å². The van der Waals surface area contributed by atoms with Gasteiger partial charge in [-0.15, -0.1) is 10.2 Å². The molecule has 5 rings (SSSR count). The van der Waals surface area contributed by atoms with Gasteiger partial charge in [0, 0.05) is 31.8 Å². The van der Waals surface area contributed by atoms with Crippen LogP contribution in [0.1, 0.15) is 23.4 Å². The van der Waals surface area contributed by atoms with Crippen LogP contribution in [0.3, 0.4) is 0 Å². The molecule has 0 aliphatic rings. The normalized spacial score (nSPS) is 11.2. The molecule has 0 bridgehead atoms. The number of carbonyl (C=O) groups excluding carboxylic acids is 1. The SMILES string of the molecule is O=C(CCc1nnc2n(Cc3ccccc3)c(=O)c3ccccc3n12)NCc1cccnc1. The van der Waals surface area contributed by atoms with Crippen molar-refractivity contribution in [3.8, 4) is 0 Å². The molecule has 3 aromatic heterocycles. The van der Waals surface area contributed by atoms with Gasteiger partial charge in [0.05, 0.1) is 17.4 Å². The summed E-state index contributed by atoms with van der Waals surface area (Å²) in [4.78, 5) is 29.7. The van der Waals surface area contributed by atoms with E-state index in [1.54, 1.807) is 17.0 Å². The van der Waals surface area contributed by atoms with Crippen LogP contribution in [0.15, 0.2) is 83.9 Å². The van der Waals surface area contributed by atoms with Gasteiger partial charge >= 0.3 is 0 Å². The third-order valence-corrected chi connectivity index (χ3v) is 5.55. The second-order valence-electron chi connectivity index (χ2n) is 7.78. The Balaban J connectivity index is 1.45. The van der Waals surface area contributed by atoms with Crippen LogP contribution in [-0.4, -0.2) is 30.1 Å². The Morgan fingerprint density at radius 3 is 2.52 bits per heavy atom. The lowest BCUT2D eigenvalue weighted by atomic mass is 10.2. The number of benzene rings is 2. The zero-order valence-corrected chi connectivity index (χ0v) is 17.9. The minimum atomic E-state index is -0.116. The average molecular weight is 438 g/mol. The number of aromatic nitrogens is 5. The molecule has 0 spiro atoms. The Labute approximate surface area is 189 Å². The summed E-state index contributed by atoms with van der Waals surface area (Å²) in [6.07, 6.45) is 4.08. The van der Waals surface area contributed by atoms with Gasteiger partial charge in [-0.25, -0.2) is 0 Å². The van der Waals surface area contributed by atoms with Crippen molar-refractivity contribution in [2.75, 3.05) is 0 Å². The summed E-state index contributed by atoms with van der Waals surface area (Å²) in [6, 6.07) is 20.9. The van der Waals surface area contributed by atoms with Crippen molar-refractivity contribution in [3.05, 3.63) is 106 Å². The van der Waals surface area contributed by atoms with Gasteiger partial charge in [-0.2, -0.15) is 0 Å². The minimum Gasteiger partial charge on any atom is -0.352 e. The number of aryl methyl sites for hydroxylation is 1. The predicted octanol–water partition coefficient (Wildman–Crippen LogP) is 2.74. The molecule has 0 radical (unpaired) electrons. The first-order valence-corrected chi connectivity index (χ1v) is 10.8. The Morgan fingerprint density at radius 2 is 1.70 bits per heavy atom. The molecule has 0 aliphatic carbocycles. The topological polar surface area (TPSA) is 94.2 Å². The molecule has 0 atom stereocenters. The number of hydrogen-bond donors (Lipinski definition) is 1. The third kappa shape index (κ3) is 4.23. The maximum absolute atomic E-state index is 13.3. The van der Waals surface area contributed by atoms with Crippen LogP contribution in [0.25, 0.3) is 16.7 Å². The summed E-state index contributed by atoms with van der Waals surface area (Å²) >= 11 is 0. The van der Waals surface area contributed by atoms with Gasteiger partial charge in [-0.1, -0.05) is 48.5 Å². The molecule has 0 fully saturated rings. The van der Waals surface area contributed by atoms with E-state index in [2.05, 4.69) is 20.5 Å². The van der Waals surface area contributed by atoms with Crippen molar-refractivity contribution in [2.45, 2.75) is 25.9 Å². The first kappa shape index (κ1) is 20.6. The molecule has 1 amide bonds. The standard InChI is InChI=1S/C25H22N6O2/c32-23(27-16-19-9-6-14-26-15-19)13-12-22-28-29-25-30(17-18-7-2-1-3-8-18)24(33)20-10-4-5-11-21(20)31(22)25/h1-11,14-15H,12-13,16-17H2,(H,27,32). The number of amides is 1. The highest BCUT2D eigenvalue weighted by Crippen LogP contribution is 2.16. The molecular weight excluding hydrogens is 416 g/mol. The summed E-state index contributed by atoms with van der Waals surface area (Å²) in [5.74, 6) is 1.02. The number of hydrogen-bond acceptors (Lipinski definition) is 5. The Hall–Kier alpha value is -4.33. The maximum Gasteiger partial charge on any atom is 0.263 e. The van der Waals surface area contributed by atoms with Gasteiger partial charge in [0.1, 0.15) is 5.82 Å². The Kier molecular flexibility index (Phi) is 5.63. The lowest BCUT2D eigenvalue weighted by Crippen LogP contribution is -2.25. The molecule has 0 saturated heterocycles. The van der Waals surface area contributed by atoms with Gasteiger partial charge in [-0.05, 0) is 29.3 Å². The number of fused-ring (bicyclic) bond motifs is 3.